The highest BCUT2D eigenvalue weighted by molar-refractivity contribution is 5.99. The van der Waals surface area contributed by atoms with Crippen LogP contribution in [0.4, 0.5) is 16.3 Å². The first-order valence-electron chi connectivity index (χ1n) is 5.83. The second-order valence-electron chi connectivity index (χ2n) is 4.02. The maximum absolute atomic E-state index is 11.7. The maximum atomic E-state index is 11.7. The van der Waals surface area contributed by atoms with Crippen LogP contribution < -0.4 is 15.4 Å². The lowest BCUT2D eigenvalue weighted by Crippen LogP contribution is -2.19. The van der Waals surface area contributed by atoms with Gasteiger partial charge >= 0.3 is 12.0 Å². The van der Waals surface area contributed by atoms with E-state index in [-0.39, 0.29) is 0 Å². The fraction of sp³-hybridized carbons (Fsp3) is 0.154. The number of amides is 2. The zero-order chi connectivity index (χ0) is 14.5. The van der Waals surface area contributed by atoms with Crippen LogP contribution in [-0.2, 0) is 4.79 Å². The molecule has 0 aliphatic carbocycles. The Hall–Kier alpha value is -2.83. The molecule has 1 aromatic carbocycles. The van der Waals surface area contributed by atoms with Crippen LogP contribution in [0, 0.1) is 6.92 Å². The molecule has 104 valence electrons. The number of ether oxygens (including phenoxy) is 1. The van der Waals surface area contributed by atoms with Crippen LogP contribution in [0.15, 0.2) is 34.9 Å². The van der Waals surface area contributed by atoms with Gasteiger partial charge in [-0.3, -0.25) is 10.1 Å². The number of urea groups is 1. The minimum absolute atomic E-state index is 0.316. The van der Waals surface area contributed by atoms with E-state index in [0.717, 1.165) is 0 Å². The van der Waals surface area contributed by atoms with Crippen molar-refractivity contribution in [3.05, 3.63) is 36.1 Å². The van der Waals surface area contributed by atoms with Gasteiger partial charge in [0.1, 0.15) is 11.5 Å². The predicted molar refractivity (Wildman–Crippen MR) is 71.6 cm³/mol. The molecule has 0 saturated heterocycles. The average molecular weight is 275 g/mol. The van der Waals surface area contributed by atoms with Gasteiger partial charge < -0.3 is 14.6 Å². The summed E-state index contributed by atoms with van der Waals surface area (Å²) in [5, 5.41) is 8.74. The summed E-state index contributed by atoms with van der Waals surface area (Å²) in [5.74, 6) is 0.838. The van der Waals surface area contributed by atoms with Crippen LogP contribution in [0.3, 0.4) is 0 Å². The Bertz CT molecular complexity index is 636. The maximum Gasteiger partial charge on any atom is 0.324 e. The molecular formula is C13H13N3O4. The van der Waals surface area contributed by atoms with Gasteiger partial charge in [-0.25, -0.2) is 4.79 Å². The summed E-state index contributed by atoms with van der Waals surface area (Å²) in [6.07, 6.45) is 0. The molecule has 0 unspecified atom stereocenters. The Morgan fingerprint density at radius 1 is 1.25 bits per heavy atom. The zero-order valence-electron chi connectivity index (χ0n) is 11.0. The number of carbonyl (C=O) groups is 2. The highest BCUT2D eigenvalue weighted by atomic mass is 16.5. The molecule has 0 saturated carbocycles. The molecule has 0 aliphatic heterocycles. The van der Waals surface area contributed by atoms with Gasteiger partial charge in [-0.1, -0.05) is 11.2 Å². The number of esters is 1. The molecule has 0 radical (unpaired) electrons. The summed E-state index contributed by atoms with van der Waals surface area (Å²) < 4.78 is 9.75. The Kier molecular flexibility index (Phi) is 3.99. The zero-order valence-corrected chi connectivity index (χ0v) is 11.0. The molecule has 1 aromatic heterocycles. The van der Waals surface area contributed by atoms with Gasteiger partial charge in [0.05, 0.1) is 0 Å². The van der Waals surface area contributed by atoms with Crippen molar-refractivity contribution in [1.82, 2.24) is 5.16 Å². The van der Waals surface area contributed by atoms with Gasteiger partial charge in [0.2, 0.25) is 0 Å². The van der Waals surface area contributed by atoms with Gasteiger partial charge in [0, 0.05) is 24.7 Å². The molecule has 0 spiro atoms. The van der Waals surface area contributed by atoms with Crippen LogP contribution in [0.5, 0.6) is 5.75 Å². The van der Waals surface area contributed by atoms with Crippen molar-refractivity contribution in [2.75, 3.05) is 10.6 Å². The quantitative estimate of drug-likeness (QED) is 0.663. The number of nitrogens with zero attached hydrogens (tertiary/aromatic N) is 1. The summed E-state index contributed by atoms with van der Waals surface area (Å²) >= 11 is 0. The van der Waals surface area contributed by atoms with Crippen LogP contribution in [-0.4, -0.2) is 17.2 Å². The largest absolute Gasteiger partial charge is 0.427 e. The molecule has 0 bridgehead atoms. The fourth-order valence-corrected chi connectivity index (χ4v) is 1.51. The lowest BCUT2D eigenvalue weighted by atomic mass is 10.3. The summed E-state index contributed by atoms with van der Waals surface area (Å²) in [4.78, 5) is 22.6. The smallest absolute Gasteiger partial charge is 0.324 e. The third-order valence-electron chi connectivity index (χ3n) is 2.22. The summed E-state index contributed by atoms with van der Waals surface area (Å²) in [6, 6.07) is 7.60. The molecule has 2 rings (SSSR count). The van der Waals surface area contributed by atoms with Gasteiger partial charge in [0.15, 0.2) is 5.82 Å². The van der Waals surface area contributed by atoms with E-state index in [0.29, 0.717) is 23.0 Å². The molecule has 2 aromatic rings. The number of benzene rings is 1. The highest BCUT2D eigenvalue weighted by Gasteiger charge is 2.07. The third kappa shape index (κ3) is 3.84. The Labute approximate surface area is 114 Å². The molecule has 2 amide bonds. The van der Waals surface area contributed by atoms with Gasteiger partial charge in [-0.15, -0.1) is 0 Å². The van der Waals surface area contributed by atoms with Crippen molar-refractivity contribution in [2.24, 2.45) is 0 Å². The number of aryl methyl sites for hydroxylation is 1. The summed E-state index contributed by atoms with van der Waals surface area (Å²) in [5.41, 5.74) is 0.487. The number of hydrogen-bond donors (Lipinski definition) is 2. The topological polar surface area (TPSA) is 93.5 Å². The number of carbonyl (C=O) groups excluding carboxylic acids is 2. The molecule has 0 aliphatic rings. The second kappa shape index (κ2) is 5.87. The molecule has 0 fully saturated rings. The SMILES string of the molecule is CC(=O)Oc1cccc(NC(=O)Nc2cc(C)on2)c1. The number of hydrogen-bond acceptors (Lipinski definition) is 5. The number of rotatable bonds is 3. The first-order valence-corrected chi connectivity index (χ1v) is 5.83. The van der Waals surface area contributed by atoms with E-state index in [1.54, 1.807) is 31.2 Å². The van der Waals surface area contributed by atoms with Gasteiger partial charge in [0.25, 0.3) is 0 Å². The third-order valence-corrected chi connectivity index (χ3v) is 2.22. The van der Waals surface area contributed by atoms with E-state index in [9.17, 15) is 9.59 Å². The number of anilines is 2. The van der Waals surface area contributed by atoms with Gasteiger partial charge in [-0.2, -0.15) is 0 Å². The Morgan fingerprint density at radius 2 is 2.05 bits per heavy atom. The van der Waals surface area contributed by atoms with Gasteiger partial charge in [-0.05, 0) is 19.1 Å². The van der Waals surface area contributed by atoms with Crippen LogP contribution >= 0.6 is 0 Å². The minimum atomic E-state index is -0.474. The molecule has 2 N–H and O–H groups in total. The fourth-order valence-electron chi connectivity index (χ4n) is 1.51. The van der Waals surface area contributed by atoms with E-state index < -0.39 is 12.0 Å². The van der Waals surface area contributed by atoms with E-state index in [1.165, 1.54) is 13.0 Å². The molecule has 7 heteroatoms. The molecule has 20 heavy (non-hydrogen) atoms. The predicted octanol–water partition coefficient (Wildman–Crippen LogP) is 2.55. The lowest BCUT2D eigenvalue weighted by molar-refractivity contribution is -0.131. The number of nitrogens with one attached hydrogen (secondary N) is 2. The standard InChI is InChI=1S/C13H13N3O4/c1-8-6-12(16-20-8)15-13(18)14-10-4-3-5-11(7-10)19-9(2)17/h3-7H,1-2H3,(H2,14,15,16,18). The van der Waals surface area contributed by atoms with Crippen molar-refractivity contribution < 1.29 is 18.8 Å². The Morgan fingerprint density at radius 3 is 2.70 bits per heavy atom. The van der Waals surface area contributed by atoms with Crippen LogP contribution in [0.1, 0.15) is 12.7 Å². The lowest BCUT2D eigenvalue weighted by Gasteiger charge is -2.07. The number of aromatic nitrogens is 1. The second-order valence-corrected chi connectivity index (χ2v) is 4.02. The monoisotopic (exact) mass is 275 g/mol. The van der Waals surface area contributed by atoms with Crippen molar-refractivity contribution in [1.29, 1.82) is 0 Å². The van der Waals surface area contributed by atoms with E-state index in [2.05, 4.69) is 15.8 Å². The highest BCUT2D eigenvalue weighted by Crippen LogP contribution is 2.17. The minimum Gasteiger partial charge on any atom is -0.427 e. The average Bonchev–Trinajstić information content (AvgIpc) is 2.74. The normalized spacial score (nSPS) is 9.90. The van der Waals surface area contributed by atoms with Crippen molar-refractivity contribution in [3.63, 3.8) is 0 Å². The van der Waals surface area contributed by atoms with Crippen molar-refractivity contribution in [3.8, 4) is 5.75 Å². The molecular weight excluding hydrogens is 262 g/mol. The van der Waals surface area contributed by atoms with Crippen molar-refractivity contribution in [2.45, 2.75) is 13.8 Å². The first-order chi connectivity index (χ1) is 9.52. The Balaban J connectivity index is 1.98. The van der Waals surface area contributed by atoms with Crippen molar-refractivity contribution >= 4 is 23.5 Å². The van der Waals surface area contributed by atoms with E-state index in [4.69, 9.17) is 9.26 Å². The molecule has 0 atom stereocenters. The summed E-state index contributed by atoms with van der Waals surface area (Å²) in [6.45, 7) is 3.03. The van der Waals surface area contributed by atoms with E-state index >= 15 is 0 Å². The summed E-state index contributed by atoms with van der Waals surface area (Å²) in [7, 11) is 0. The molecule has 1 heterocycles. The first kappa shape index (κ1) is 13.6. The molecule has 7 nitrogen and oxygen atoms in total. The van der Waals surface area contributed by atoms with E-state index in [1.807, 2.05) is 0 Å². The van der Waals surface area contributed by atoms with Crippen LogP contribution in [0.25, 0.3) is 0 Å². The van der Waals surface area contributed by atoms with Crippen LogP contribution in [0.2, 0.25) is 0 Å².